The highest BCUT2D eigenvalue weighted by atomic mass is 35.5. The lowest BCUT2D eigenvalue weighted by Gasteiger charge is -2.29. The van der Waals surface area contributed by atoms with Crippen LogP contribution in [0.4, 0.5) is 0 Å². The summed E-state index contributed by atoms with van der Waals surface area (Å²) in [5, 5.41) is 0.310. The molecule has 98 valence electrons. The molecule has 2 rings (SSSR count). The molecule has 1 aromatic carbocycles. The molecule has 2 atom stereocenters. The summed E-state index contributed by atoms with van der Waals surface area (Å²) in [7, 11) is 0. The molecule has 1 aliphatic rings. The van der Waals surface area contributed by atoms with Gasteiger partial charge >= 0.3 is 0 Å². The standard InChI is InChI=1S/C13H17ClN2O2/c14-8-4-3-7-11(12(8)13(16)17)18-10-6-2-1-5-9(10)15/h3-4,7,9-10H,1-2,5-6,15H2,(H2,16,17). The van der Waals surface area contributed by atoms with Gasteiger partial charge in [0.1, 0.15) is 11.9 Å². The zero-order chi connectivity index (χ0) is 13.1. The Labute approximate surface area is 111 Å². The van der Waals surface area contributed by atoms with Gasteiger partial charge in [0, 0.05) is 6.04 Å². The number of rotatable bonds is 3. The van der Waals surface area contributed by atoms with Gasteiger partial charge in [0.15, 0.2) is 0 Å². The van der Waals surface area contributed by atoms with Gasteiger partial charge < -0.3 is 16.2 Å². The Morgan fingerprint density at radius 1 is 1.33 bits per heavy atom. The summed E-state index contributed by atoms with van der Waals surface area (Å²) in [6.45, 7) is 0. The normalized spacial score (nSPS) is 23.7. The van der Waals surface area contributed by atoms with Crippen molar-refractivity contribution >= 4 is 17.5 Å². The van der Waals surface area contributed by atoms with Crippen molar-refractivity contribution in [2.45, 2.75) is 37.8 Å². The second kappa shape index (κ2) is 5.59. The molecule has 0 aliphatic heterocycles. The van der Waals surface area contributed by atoms with E-state index < -0.39 is 5.91 Å². The van der Waals surface area contributed by atoms with Crippen LogP contribution in [0, 0.1) is 0 Å². The van der Waals surface area contributed by atoms with Crippen LogP contribution in [0.1, 0.15) is 36.0 Å². The minimum atomic E-state index is -0.583. The van der Waals surface area contributed by atoms with Crippen LogP contribution in [-0.4, -0.2) is 18.1 Å². The predicted molar refractivity (Wildman–Crippen MR) is 70.8 cm³/mol. The molecule has 2 unspecified atom stereocenters. The van der Waals surface area contributed by atoms with Gasteiger partial charge in [-0.05, 0) is 31.4 Å². The summed E-state index contributed by atoms with van der Waals surface area (Å²) in [6.07, 6.45) is 3.97. The van der Waals surface area contributed by atoms with E-state index in [9.17, 15) is 4.79 Å². The number of hydrogen-bond acceptors (Lipinski definition) is 3. The molecule has 0 aromatic heterocycles. The Morgan fingerprint density at radius 2 is 2.06 bits per heavy atom. The van der Waals surface area contributed by atoms with Crippen LogP contribution < -0.4 is 16.2 Å². The van der Waals surface area contributed by atoms with Crippen LogP contribution in [0.3, 0.4) is 0 Å². The number of amides is 1. The third-order valence-corrected chi connectivity index (χ3v) is 3.57. The molecule has 0 radical (unpaired) electrons. The van der Waals surface area contributed by atoms with E-state index in [0.717, 1.165) is 25.7 Å². The molecule has 4 nitrogen and oxygen atoms in total. The average Bonchev–Trinajstić information content (AvgIpc) is 2.31. The van der Waals surface area contributed by atoms with E-state index in [1.807, 2.05) is 0 Å². The maximum absolute atomic E-state index is 11.4. The second-order valence-electron chi connectivity index (χ2n) is 4.58. The smallest absolute Gasteiger partial charge is 0.253 e. The van der Waals surface area contributed by atoms with E-state index in [-0.39, 0.29) is 17.7 Å². The molecule has 4 N–H and O–H groups in total. The molecular formula is C13H17ClN2O2. The van der Waals surface area contributed by atoms with E-state index in [2.05, 4.69) is 0 Å². The molecule has 1 aromatic rings. The number of hydrogen-bond donors (Lipinski definition) is 2. The minimum Gasteiger partial charge on any atom is -0.488 e. The third-order valence-electron chi connectivity index (χ3n) is 3.25. The van der Waals surface area contributed by atoms with Gasteiger partial charge in [0.2, 0.25) is 0 Å². The quantitative estimate of drug-likeness (QED) is 0.881. The molecule has 1 saturated carbocycles. The zero-order valence-electron chi connectivity index (χ0n) is 10.1. The molecule has 0 bridgehead atoms. The molecule has 0 spiro atoms. The Bertz CT molecular complexity index is 451. The SMILES string of the molecule is NC(=O)c1c(Cl)cccc1OC1CCCCC1N. The topological polar surface area (TPSA) is 78.3 Å². The highest BCUT2D eigenvalue weighted by Crippen LogP contribution is 2.29. The van der Waals surface area contributed by atoms with Crippen molar-refractivity contribution in [2.24, 2.45) is 11.5 Å². The first-order valence-corrected chi connectivity index (χ1v) is 6.48. The van der Waals surface area contributed by atoms with Crippen molar-refractivity contribution < 1.29 is 9.53 Å². The number of nitrogens with two attached hydrogens (primary N) is 2. The summed E-state index contributed by atoms with van der Waals surface area (Å²) in [6, 6.07) is 5.06. The van der Waals surface area contributed by atoms with Crippen LogP contribution in [-0.2, 0) is 0 Å². The second-order valence-corrected chi connectivity index (χ2v) is 4.99. The van der Waals surface area contributed by atoms with Gasteiger partial charge in [0.25, 0.3) is 5.91 Å². The van der Waals surface area contributed by atoms with Crippen molar-refractivity contribution in [3.8, 4) is 5.75 Å². The summed E-state index contributed by atoms with van der Waals surface area (Å²) in [5.41, 5.74) is 11.6. The fraction of sp³-hybridized carbons (Fsp3) is 0.462. The third kappa shape index (κ3) is 2.76. The van der Waals surface area contributed by atoms with Gasteiger partial charge in [0.05, 0.1) is 10.6 Å². The van der Waals surface area contributed by atoms with E-state index in [1.165, 1.54) is 0 Å². The minimum absolute atomic E-state index is 0.00143. The monoisotopic (exact) mass is 268 g/mol. The lowest BCUT2D eigenvalue weighted by Crippen LogP contribution is -2.41. The largest absolute Gasteiger partial charge is 0.488 e. The van der Waals surface area contributed by atoms with Crippen molar-refractivity contribution in [1.82, 2.24) is 0 Å². The molecule has 0 heterocycles. The summed E-state index contributed by atoms with van der Waals surface area (Å²) < 4.78 is 5.83. The van der Waals surface area contributed by atoms with Crippen LogP contribution in [0.25, 0.3) is 0 Å². The number of ether oxygens (including phenoxy) is 1. The first-order chi connectivity index (χ1) is 8.59. The Balaban J connectivity index is 2.23. The Morgan fingerprint density at radius 3 is 2.72 bits per heavy atom. The van der Waals surface area contributed by atoms with Gasteiger partial charge in [-0.3, -0.25) is 4.79 Å². The van der Waals surface area contributed by atoms with Gasteiger partial charge in [-0.1, -0.05) is 24.1 Å². The van der Waals surface area contributed by atoms with Crippen molar-refractivity contribution in [3.05, 3.63) is 28.8 Å². The Hall–Kier alpha value is -1.26. The first kappa shape index (κ1) is 13.2. The van der Waals surface area contributed by atoms with Crippen molar-refractivity contribution in [1.29, 1.82) is 0 Å². The van der Waals surface area contributed by atoms with E-state index in [0.29, 0.717) is 10.8 Å². The van der Waals surface area contributed by atoms with Crippen molar-refractivity contribution in [3.63, 3.8) is 0 Å². The lowest BCUT2D eigenvalue weighted by atomic mass is 9.93. The lowest BCUT2D eigenvalue weighted by molar-refractivity contribution is 0.0981. The molecule has 1 aliphatic carbocycles. The number of carbonyl (C=O) groups excluding carboxylic acids is 1. The maximum atomic E-state index is 11.4. The molecule has 0 saturated heterocycles. The van der Waals surface area contributed by atoms with E-state index >= 15 is 0 Å². The van der Waals surface area contributed by atoms with Crippen LogP contribution in [0.2, 0.25) is 5.02 Å². The molecule has 1 fully saturated rings. The highest BCUT2D eigenvalue weighted by molar-refractivity contribution is 6.34. The van der Waals surface area contributed by atoms with E-state index in [1.54, 1.807) is 18.2 Å². The predicted octanol–water partition coefficient (Wildman–Crippen LogP) is 2.09. The summed E-state index contributed by atoms with van der Waals surface area (Å²) in [5.74, 6) is -0.155. The fourth-order valence-corrected chi connectivity index (χ4v) is 2.54. The maximum Gasteiger partial charge on any atom is 0.253 e. The molecule has 1 amide bonds. The number of carbonyl (C=O) groups is 1. The van der Waals surface area contributed by atoms with Gasteiger partial charge in [-0.25, -0.2) is 0 Å². The fourth-order valence-electron chi connectivity index (χ4n) is 2.28. The number of benzene rings is 1. The van der Waals surface area contributed by atoms with Crippen LogP contribution >= 0.6 is 11.6 Å². The number of halogens is 1. The van der Waals surface area contributed by atoms with Crippen molar-refractivity contribution in [2.75, 3.05) is 0 Å². The molecular weight excluding hydrogens is 252 g/mol. The van der Waals surface area contributed by atoms with Crippen LogP contribution in [0.5, 0.6) is 5.75 Å². The Kier molecular flexibility index (Phi) is 4.09. The molecule has 18 heavy (non-hydrogen) atoms. The van der Waals surface area contributed by atoms with Crippen LogP contribution in [0.15, 0.2) is 18.2 Å². The molecule has 5 heteroatoms. The van der Waals surface area contributed by atoms with E-state index in [4.69, 9.17) is 27.8 Å². The van der Waals surface area contributed by atoms with Gasteiger partial charge in [-0.15, -0.1) is 0 Å². The summed E-state index contributed by atoms with van der Waals surface area (Å²) >= 11 is 5.97. The highest BCUT2D eigenvalue weighted by Gasteiger charge is 2.25. The zero-order valence-corrected chi connectivity index (χ0v) is 10.8. The summed E-state index contributed by atoms with van der Waals surface area (Å²) in [4.78, 5) is 11.4. The van der Waals surface area contributed by atoms with Gasteiger partial charge in [-0.2, -0.15) is 0 Å². The average molecular weight is 269 g/mol. The number of primary amides is 1. The first-order valence-electron chi connectivity index (χ1n) is 6.10.